The van der Waals surface area contributed by atoms with Crippen LogP contribution in [0.5, 0.6) is 5.75 Å². The SMILES string of the molecule is Cc1csc(C(O)(CC(=O)NCc2ccccc2OCc2ccccc2)C(F)(F)F)n1. The van der Waals surface area contributed by atoms with E-state index in [2.05, 4.69) is 10.3 Å². The molecule has 1 heterocycles. The minimum Gasteiger partial charge on any atom is -0.489 e. The van der Waals surface area contributed by atoms with Gasteiger partial charge in [0.1, 0.15) is 17.4 Å². The summed E-state index contributed by atoms with van der Waals surface area (Å²) in [5.74, 6) is -0.446. The van der Waals surface area contributed by atoms with Crippen LogP contribution in [0.3, 0.4) is 0 Å². The van der Waals surface area contributed by atoms with Crippen molar-refractivity contribution in [1.82, 2.24) is 10.3 Å². The first-order chi connectivity index (χ1) is 14.7. The molecule has 2 aromatic carbocycles. The summed E-state index contributed by atoms with van der Waals surface area (Å²) in [5.41, 5.74) is -1.45. The quantitative estimate of drug-likeness (QED) is 0.531. The number of alkyl halides is 3. The molecule has 0 aliphatic carbocycles. The average Bonchev–Trinajstić information content (AvgIpc) is 3.18. The van der Waals surface area contributed by atoms with Crippen molar-refractivity contribution in [2.45, 2.75) is 38.3 Å². The minimum atomic E-state index is -5.05. The van der Waals surface area contributed by atoms with Gasteiger partial charge in [0.15, 0.2) is 0 Å². The molecule has 0 saturated heterocycles. The largest absolute Gasteiger partial charge is 0.489 e. The molecule has 2 N–H and O–H groups in total. The van der Waals surface area contributed by atoms with Crippen LogP contribution in [-0.4, -0.2) is 22.2 Å². The maximum Gasteiger partial charge on any atom is 0.424 e. The molecule has 1 amide bonds. The molecule has 0 radical (unpaired) electrons. The molecule has 0 bridgehead atoms. The number of aliphatic hydroxyl groups is 1. The summed E-state index contributed by atoms with van der Waals surface area (Å²) in [5, 5.41) is 13.6. The molecule has 31 heavy (non-hydrogen) atoms. The Balaban J connectivity index is 1.66. The number of aryl methyl sites for hydroxylation is 1. The zero-order valence-electron chi connectivity index (χ0n) is 16.6. The van der Waals surface area contributed by atoms with Gasteiger partial charge >= 0.3 is 6.18 Å². The third kappa shape index (κ3) is 5.62. The van der Waals surface area contributed by atoms with Crippen LogP contribution in [0, 0.1) is 6.92 Å². The Morgan fingerprint density at radius 2 is 1.81 bits per heavy atom. The van der Waals surface area contributed by atoms with E-state index >= 15 is 0 Å². The molecule has 9 heteroatoms. The van der Waals surface area contributed by atoms with Gasteiger partial charge in [-0.05, 0) is 18.6 Å². The van der Waals surface area contributed by atoms with Crippen LogP contribution in [0.1, 0.15) is 28.2 Å². The van der Waals surface area contributed by atoms with Crippen molar-refractivity contribution >= 4 is 17.2 Å². The predicted octanol–water partition coefficient (Wildman–Crippen LogP) is 4.49. The van der Waals surface area contributed by atoms with E-state index in [0.717, 1.165) is 5.56 Å². The lowest BCUT2D eigenvalue weighted by molar-refractivity contribution is -0.267. The number of carbonyl (C=O) groups is 1. The first-order valence-electron chi connectivity index (χ1n) is 9.42. The van der Waals surface area contributed by atoms with Crippen molar-refractivity contribution in [2.75, 3.05) is 0 Å². The number of para-hydroxylation sites is 1. The predicted molar refractivity (Wildman–Crippen MR) is 110 cm³/mol. The molecule has 1 unspecified atom stereocenters. The van der Waals surface area contributed by atoms with Crippen molar-refractivity contribution < 1.29 is 27.8 Å². The molecule has 3 aromatic rings. The van der Waals surface area contributed by atoms with E-state index in [-0.39, 0.29) is 6.54 Å². The Morgan fingerprint density at radius 3 is 2.45 bits per heavy atom. The molecular formula is C22H21F3N2O3S. The number of amides is 1. The number of aromatic nitrogens is 1. The molecule has 3 rings (SSSR count). The Bertz CT molecular complexity index is 1020. The van der Waals surface area contributed by atoms with Gasteiger partial charge in [-0.25, -0.2) is 4.98 Å². The van der Waals surface area contributed by atoms with E-state index in [1.807, 2.05) is 30.3 Å². The van der Waals surface area contributed by atoms with Gasteiger partial charge in [-0.1, -0.05) is 48.5 Å². The summed E-state index contributed by atoms with van der Waals surface area (Å²) in [6.07, 6.45) is -6.23. The number of hydrogen-bond acceptors (Lipinski definition) is 5. The van der Waals surface area contributed by atoms with Crippen LogP contribution in [-0.2, 0) is 23.5 Å². The fourth-order valence-electron chi connectivity index (χ4n) is 2.86. The number of nitrogens with one attached hydrogen (secondary N) is 1. The van der Waals surface area contributed by atoms with E-state index in [0.29, 0.717) is 35.0 Å². The van der Waals surface area contributed by atoms with Crippen molar-refractivity contribution in [3.05, 3.63) is 81.8 Å². The number of carbonyl (C=O) groups excluding carboxylic acids is 1. The molecule has 0 saturated carbocycles. The third-order valence-electron chi connectivity index (χ3n) is 4.54. The highest BCUT2D eigenvalue weighted by Crippen LogP contribution is 2.42. The summed E-state index contributed by atoms with van der Waals surface area (Å²) in [6, 6.07) is 16.4. The zero-order valence-corrected chi connectivity index (χ0v) is 17.5. The Labute approximate surface area is 181 Å². The molecule has 1 atom stereocenters. The van der Waals surface area contributed by atoms with Crippen LogP contribution < -0.4 is 10.1 Å². The topological polar surface area (TPSA) is 71.5 Å². The zero-order chi connectivity index (χ0) is 22.5. The molecule has 0 spiro atoms. The number of rotatable bonds is 8. The summed E-state index contributed by atoms with van der Waals surface area (Å²) in [7, 11) is 0. The second-order valence-electron chi connectivity index (χ2n) is 6.99. The van der Waals surface area contributed by atoms with Crippen molar-refractivity contribution in [3.8, 4) is 5.75 Å². The standard InChI is InChI=1S/C22H21F3N2O3S/c1-15-14-31-20(27-15)21(29,22(23,24)25)11-19(28)26-12-17-9-5-6-10-18(17)30-13-16-7-3-2-4-8-16/h2-10,14,29H,11-13H2,1H3,(H,26,28). The lowest BCUT2D eigenvalue weighted by Gasteiger charge is -2.28. The first kappa shape index (κ1) is 22.8. The van der Waals surface area contributed by atoms with E-state index in [1.54, 1.807) is 24.3 Å². The molecule has 0 aliphatic heterocycles. The lowest BCUT2D eigenvalue weighted by Crippen LogP contribution is -2.46. The van der Waals surface area contributed by atoms with Crippen molar-refractivity contribution in [1.29, 1.82) is 0 Å². The van der Waals surface area contributed by atoms with Crippen molar-refractivity contribution in [3.63, 3.8) is 0 Å². The number of hydrogen-bond donors (Lipinski definition) is 2. The molecule has 164 valence electrons. The number of thiazole rings is 1. The van der Waals surface area contributed by atoms with Gasteiger partial charge in [0, 0.05) is 23.2 Å². The lowest BCUT2D eigenvalue weighted by atomic mass is 9.99. The smallest absolute Gasteiger partial charge is 0.424 e. The molecule has 1 aromatic heterocycles. The van der Waals surface area contributed by atoms with Crippen LogP contribution in [0.15, 0.2) is 60.0 Å². The number of benzene rings is 2. The fourth-order valence-corrected chi connectivity index (χ4v) is 3.77. The average molecular weight is 450 g/mol. The Kier molecular flexibility index (Phi) is 6.97. The maximum atomic E-state index is 13.6. The highest BCUT2D eigenvalue weighted by molar-refractivity contribution is 7.09. The normalized spacial score (nSPS) is 13.5. The molecule has 5 nitrogen and oxygen atoms in total. The van der Waals surface area contributed by atoms with Gasteiger partial charge in [0.05, 0.1) is 6.42 Å². The molecule has 0 fully saturated rings. The van der Waals surface area contributed by atoms with Crippen LogP contribution in [0.25, 0.3) is 0 Å². The van der Waals surface area contributed by atoms with Gasteiger partial charge < -0.3 is 15.2 Å². The van der Waals surface area contributed by atoms with E-state index < -0.39 is 29.1 Å². The first-order valence-corrected chi connectivity index (χ1v) is 10.3. The van der Waals surface area contributed by atoms with E-state index in [9.17, 15) is 23.1 Å². The molecule has 0 aliphatic rings. The highest BCUT2D eigenvalue weighted by Gasteiger charge is 2.58. The van der Waals surface area contributed by atoms with E-state index in [4.69, 9.17) is 4.74 Å². The van der Waals surface area contributed by atoms with Gasteiger partial charge in [-0.3, -0.25) is 4.79 Å². The number of ether oxygens (including phenoxy) is 1. The molecular weight excluding hydrogens is 429 g/mol. The van der Waals surface area contributed by atoms with Crippen LogP contribution >= 0.6 is 11.3 Å². The van der Waals surface area contributed by atoms with Gasteiger partial charge in [-0.15, -0.1) is 11.3 Å². The van der Waals surface area contributed by atoms with E-state index in [1.165, 1.54) is 12.3 Å². The number of halogens is 3. The maximum absolute atomic E-state index is 13.6. The minimum absolute atomic E-state index is 0.0470. The van der Waals surface area contributed by atoms with Crippen molar-refractivity contribution in [2.24, 2.45) is 0 Å². The fraction of sp³-hybridized carbons (Fsp3) is 0.273. The van der Waals surface area contributed by atoms with Gasteiger partial charge in [0.2, 0.25) is 11.5 Å². The number of nitrogens with zero attached hydrogens (tertiary/aromatic N) is 1. The summed E-state index contributed by atoms with van der Waals surface area (Å²) in [4.78, 5) is 16.1. The highest BCUT2D eigenvalue weighted by atomic mass is 32.1. The third-order valence-corrected chi connectivity index (χ3v) is 5.66. The Morgan fingerprint density at radius 1 is 1.13 bits per heavy atom. The summed E-state index contributed by atoms with van der Waals surface area (Å²) < 4.78 is 46.5. The van der Waals surface area contributed by atoms with Crippen LogP contribution in [0.4, 0.5) is 13.2 Å². The summed E-state index contributed by atoms with van der Waals surface area (Å²) >= 11 is 0.666. The van der Waals surface area contributed by atoms with Crippen LogP contribution in [0.2, 0.25) is 0 Å². The second-order valence-corrected chi connectivity index (χ2v) is 7.85. The van der Waals surface area contributed by atoms with Gasteiger partial charge in [-0.2, -0.15) is 13.2 Å². The second kappa shape index (κ2) is 9.49. The summed E-state index contributed by atoms with van der Waals surface area (Å²) in [6.45, 7) is 1.78. The van der Waals surface area contributed by atoms with Gasteiger partial charge in [0.25, 0.3) is 0 Å². The Hall–Kier alpha value is -2.91. The monoisotopic (exact) mass is 450 g/mol.